The van der Waals surface area contributed by atoms with Crippen LogP contribution in [0.5, 0.6) is 0 Å². The Hall–Kier alpha value is -5.54. The Labute approximate surface area is 235 Å². The Kier molecular flexibility index (Phi) is 4.61. The van der Waals surface area contributed by atoms with Gasteiger partial charge in [-0.2, -0.15) is 0 Å². The zero-order chi connectivity index (χ0) is 26.9. The highest BCUT2D eigenvalue weighted by atomic mass is 16.3. The largest absolute Gasteiger partial charge is 0.455 e. The summed E-state index contributed by atoms with van der Waals surface area (Å²) in [6.07, 6.45) is 3.55. The zero-order valence-corrected chi connectivity index (χ0v) is 22.0. The Morgan fingerprint density at radius 1 is 0.439 bits per heavy atom. The van der Waals surface area contributed by atoms with Gasteiger partial charge in [-0.1, -0.05) is 97.1 Å². The minimum absolute atomic E-state index is 0.908. The number of benzene rings is 7. The monoisotopic (exact) mass is 522 g/mol. The van der Waals surface area contributed by atoms with Crippen molar-refractivity contribution < 1.29 is 4.42 Å². The van der Waals surface area contributed by atoms with Crippen LogP contribution in [0.2, 0.25) is 0 Å². The van der Waals surface area contributed by atoms with Gasteiger partial charge in [-0.05, 0) is 62.5 Å². The maximum absolute atomic E-state index is 6.52. The van der Waals surface area contributed by atoms with Gasteiger partial charge in [0.2, 0.25) is 0 Å². The third kappa shape index (κ3) is 3.26. The number of para-hydroxylation sites is 1. The van der Waals surface area contributed by atoms with Crippen molar-refractivity contribution >= 4 is 65.3 Å². The van der Waals surface area contributed by atoms with Gasteiger partial charge in [0, 0.05) is 39.5 Å². The Balaban J connectivity index is 1.29. The highest BCUT2D eigenvalue weighted by molar-refractivity contribution is 6.24. The van der Waals surface area contributed by atoms with Crippen molar-refractivity contribution in [3.63, 3.8) is 0 Å². The van der Waals surface area contributed by atoms with Gasteiger partial charge in [0.05, 0.1) is 11.0 Å². The van der Waals surface area contributed by atoms with Gasteiger partial charge in [0.15, 0.2) is 0 Å². The second-order valence-corrected chi connectivity index (χ2v) is 10.6. The summed E-state index contributed by atoms with van der Waals surface area (Å²) in [6.45, 7) is 0. The summed E-state index contributed by atoms with van der Waals surface area (Å²) in [7, 11) is 0. The number of furan rings is 1. The van der Waals surface area contributed by atoms with Gasteiger partial charge in [0.25, 0.3) is 0 Å². The highest BCUT2D eigenvalue weighted by Gasteiger charge is 2.17. The summed E-state index contributed by atoms with van der Waals surface area (Å²) < 4.78 is 6.52. The second kappa shape index (κ2) is 8.48. The Morgan fingerprint density at radius 3 is 1.98 bits per heavy atom. The molecule has 0 atom stereocenters. The maximum Gasteiger partial charge on any atom is 0.143 e. The molecule has 0 aliphatic carbocycles. The highest BCUT2D eigenvalue weighted by Crippen LogP contribution is 2.42. The van der Waals surface area contributed by atoms with Gasteiger partial charge in [0.1, 0.15) is 11.2 Å². The summed E-state index contributed by atoms with van der Waals surface area (Å²) in [6, 6.07) is 43.1. The van der Waals surface area contributed by atoms with Crippen LogP contribution in [0.25, 0.3) is 87.5 Å². The van der Waals surface area contributed by atoms with Crippen LogP contribution in [0.3, 0.4) is 0 Å². The average Bonchev–Trinajstić information content (AvgIpc) is 3.44. The van der Waals surface area contributed by atoms with Crippen LogP contribution in [0.15, 0.2) is 138 Å². The number of fused-ring (bicyclic) bond motifs is 11. The van der Waals surface area contributed by atoms with Crippen molar-refractivity contribution in [2.45, 2.75) is 0 Å². The molecule has 0 saturated heterocycles. The predicted octanol–water partition coefficient (Wildman–Crippen LogP) is 10.3. The van der Waals surface area contributed by atoms with Crippen LogP contribution < -0.4 is 0 Å². The van der Waals surface area contributed by atoms with Crippen molar-refractivity contribution in [3.05, 3.63) is 134 Å². The molecular formula is C38H22N2O. The van der Waals surface area contributed by atoms with E-state index in [1.165, 1.54) is 26.9 Å². The molecular weight excluding hydrogens is 500 g/mol. The molecule has 0 bridgehead atoms. The first-order valence-corrected chi connectivity index (χ1v) is 13.8. The standard InChI is InChI=1S/C38H22N2O/c1-2-11-27-26(8-1)22-32(38-35(27)31-14-5-6-15-34(31)41-38)25-10-7-9-23(20-25)24-16-17-29-28-12-3-4-13-30(28)36-37(33(29)21-24)40-19-18-39-36/h1-22H. The van der Waals surface area contributed by atoms with Crippen LogP contribution in [-0.2, 0) is 0 Å². The molecule has 41 heavy (non-hydrogen) atoms. The van der Waals surface area contributed by atoms with Gasteiger partial charge in [-0.25, -0.2) is 0 Å². The lowest BCUT2D eigenvalue weighted by Crippen LogP contribution is -1.89. The third-order valence-corrected chi connectivity index (χ3v) is 8.32. The molecule has 9 rings (SSSR count). The first-order valence-electron chi connectivity index (χ1n) is 13.8. The minimum Gasteiger partial charge on any atom is -0.455 e. The quantitative estimate of drug-likeness (QED) is 0.212. The molecule has 0 saturated carbocycles. The van der Waals surface area contributed by atoms with Crippen molar-refractivity contribution in [1.29, 1.82) is 0 Å². The molecule has 0 amide bonds. The fraction of sp³-hybridized carbons (Fsp3) is 0. The van der Waals surface area contributed by atoms with Gasteiger partial charge in [-0.3, -0.25) is 9.97 Å². The molecule has 2 heterocycles. The van der Waals surface area contributed by atoms with Crippen LogP contribution in [0, 0.1) is 0 Å². The first kappa shape index (κ1) is 22.3. The normalized spacial score (nSPS) is 11.9. The van der Waals surface area contributed by atoms with Crippen LogP contribution in [-0.4, -0.2) is 9.97 Å². The maximum atomic E-state index is 6.52. The fourth-order valence-corrected chi connectivity index (χ4v) is 6.47. The van der Waals surface area contributed by atoms with E-state index >= 15 is 0 Å². The molecule has 190 valence electrons. The lowest BCUT2D eigenvalue weighted by Gasteiger charge is -2.12. The molecule has 7 aromatic carbocycles. The SMILES string of the molecule is c1cc(-c2ccc3c4ccccc4c4nccnc4c3c2)cc(-c2cc3ccccc3c3c2oc2ccccc23)c1. The fourth-order valence-electron chi connectivity index (χ4n) is 6.47. The zero-order valence-electron chi connectivity index (χ0n) is 22.0. The molecule has 3 nitrogen and oxygen atoms in total. The van der Waals surface area contributed by atoms with E-state index in [1.807, 2.05) is 6.07 Å². The smallest absolute Gasteiger partial charge is 0.143 e. The third-order valence-electron chi connectivity index (χ3n) is 8.32. The van der Waals surface area contributed by atoms with Crippen LogP contribution in [0.1, 0.15) is 0 Å². The second-order valence-electron chi connectivity index (χ2n) is 10.6. The van der Waals surface area contributed by atoms with E-state index in [2.05, 4.69) is 115 Å². The van der Waals surface area contributed by atoms with Gasteiger partial charge >= 0.3 is 0 Å². The Morgan fingerprint density at radius 2 is 1.10 bits per heavy atom. The summed E-state index contributed by atoms with van der Waals surface area (Å²) in [5, 5.41) is 9.35. The molecule has 0 fully saturated rings. The lowest BCUT2D eigenvalue weighted by atomic mass is 9.93. The van der Waals surface area contributed by atoms with E-state index in [0.717, 1.165) is 60.6 Å². The van der Waals surface area contributed by atoms with Crippen molar-refractivity contribution in [3.8, 4) is 22.3 Å². The van der Waals surface area contributed by atoms with E-state index in [0.29, 0.717) is 0 Å². The first-order chi connectivity index (χ1) is 20.3. The van der Waals surface area contributed by atoms with E-state index in [4.69, 9.17) is 14.4 Å². The molecule has 9 aromatic rings. The van der Waals surface area contributed by atoms with Gasteiger partial charge < -0.3 is 4.42 Å². The molecule has 0 spiro atoms. The number of nitrogens with zero attached hydrogens (tertiary/aromatic N) is 2. The van der Waals surface area contributed by atoms with Crippen molar-refractivity contribution in [2.75, 3.05) is 0 Å². The molecule has 0 unspecified atom stereocenters. The van der Waals surface area contributed by atoms with E-state index in [1.54, 1.807) is 12.4 Å². The number of rotatable bonds is 2. The summed E-state index contributed by atoms with van der Waals surface area (Å²) >= 11 is 0. The molecule has 0 aliphatic heterocycles. The van der Waals surface area contributed by atoms with Crippen molar-refractivity contribution in [2.24, 2.45) is 0 Å². The summed E-state index contributed by atoms with van der Waals surface area (Å²) in [5.41, 5.74) is 8.21. The topological polar surface area (TPSA) is 38.9 Å². The number of aromatic nitrogens is 2. The van der Waals surface area contributed by atoms with Crippen LogP contribution >= 0.6 is 0 Å². The number of hydrogen-bond acceptors (Lipinski definition) is 3. The van der Waals surface area contributed by atoms with Gasteiger partial charge in [-0.15, -0.1) is 0 Å². The lowest BCUT2D eigenvalue weighted by molar-refractivity contribution is 0.670. The van der Waals surface area contributed by atoms with E-state index < -0.39 is 0 Å². The van der Waals surface area contributed by atoms with Crippen LogP contribution in [0.4, 0.5) is 0 Å². The predicted molar refractivity (Wildman–Crippen MR) is 170 cm³/mol. The van der Waals surface area contributed by atoms with E-state index in [-0.39, 0.29) is 0 Å². The average molecular weight is 523 g/mol. The van der Waals surface area contributed by atoms with E-state index in [9.17, 15) is 0 Å². The molecule has 0 N–H and O–H groups in total. The van der Waals surface area contributed by atoms with Crippen molar-refractivity contribution in [1.82, 2.24) is 9.97 Å². The summed E-state index contributed by atoms with van der Waals surface area (Å²) in [5.74, 6) is 0. The minimum atomic E-state index is 0.908. The molecule has 2 aromatic heterocycles. The molecule has 0 aliphatic rings. The molecule has 3 heteroatoms. The Bertz CT molecular complexity index is 2450. The molecule has 0 radical (unpaired) electrons. The summed E-state index contributed by atoms with van der Waals surface area (Å²) in [4.78, 5) is 9.48. The number of hydrogen-bond donors (Lipinski definition) is 0.